The van der Waals surface area contributed by atoms with Crippen molar-refractivity contribution in [3.63, 3.8) is 0 Å². The van der Waals surface area contributed by atoms with Crippen LogP contribution in [0.2, 0.25) is 5.02 Å². The normalized spacial score (nSPS) is 19.8. The molecule has 0 bridgehead atoms. The first-order valence-corrected chi connectivity index (χ1v) is 6.51. The molecule has 1 fully saturated rings. The van der Waals surface area contributed by atoms with E-state index in [4.69, 9.17) is 11.6 Å². The Morgan fingerprint density at radius 1 is 1.47 bits per heavy atom. The predicted molar refractivity (Wildman–Crippen MR) is 68.8 cm³/mol. The zero-order valence-corrected chi connectivity index (χ0v) is 10.6. The Bertz CT molecular complexity index is 364. The summed E-state index contributed by atoms with van der Waals surface area (Å²) in [6.07, 6.45) is 3.63. The minimum atomic E-state index is -0.194. The summed E-state index contributed by atoms with van der Waals surface area (Å²) >= 11 is 5.83. The van der Waals surface area contributed by atoms with E-state index in [-0.39, 0.29) is 5.82 Å². The molecule has 94 valence electrons. The lowest BCUT2D eigenvalue weighted by molar-refractivity contribution is 0.516. The standard InChI is InChI=1S/C13H18ClFN2/c14-11-3-4-13(15)10(8-11)9-16-7-5-12-2-1-6-17-12/h3-4,8,12,16-17H,1-2,5-7,9H2. The number of nitrogens with one attached hydrogen (secondary N) is 2. The van der Waals surface area contributed by atoms with Crippen LogP contribution in [0.1, 0.15) is 24.8 Å². The number of hydrogen-bond acceptors (Lipinski definition) is 2. The molecule has 0 aromatic heterocycles. The smallest absolute Gasteiger partial charge is 0.127 e. The molecule has 1 aromatic carbocycles. The molecule has 0 saturated carbocycles. The van der Waals surface area contributed by atoms with E-state index in [9.17, 15) is 4.39 Å². The van der Waals surface area contributed by atoms with Crippen LogP contribution in [0, 0.1) is 5.82 Å². The summed E-state index contributed by atoms with van der Waals surface area (Å²) in [5.74, 6) is -0.194. The Kier molecular flexibility index (Phi) is 4.77. The molecule has 0 amide bonds. The maximum absolute atomic E-state index is 13.4. The highest BCUT2D eigenvalue weighted by Gasteiger charge is 2.12. The van der Waals surface area contributed by atoms with E-state index in [2.05, 4.69) is 10.6 Å². The molecule has 1 aliphatic rings. The van der Waals surface area contributed by atoms with Gasteiger partial charge in [0.25, 0.3) is 0 Å². The molecule has 1 heterocycles. The number of rotatable bonds is 5. The average Bonchev–Trinajstić information content (AvgIpc) is 2.82. The third-order valence-corrected chi connectivity index (χ3v) is 3.39. The molecule has 1 unspecified atom stereocenters. The summed E-state index contributed by atoms with van der Waals surface area (Å²) in [5.41, 5.74) is 0.636. The van der Waals surface area contributed by atoms with E-state index >= 15 is 0 Å². The summed E-state index contributed by atoms with van der Waals surface area (Å²) < 4.78 is 13.4. The molecule has 1 aromatic rings. The molecule has 17 heavy (non-hydrogen) atoms. The fourth-order valence-electron chi connectivity index (χ4n) is 2.18. The second-order valence-corrected chi connectivity index (χ2v) is 4.93. The van der Waals surface area contributed by atoms with E-state index < -0.39 is 0 Å². The molecule has 1 saturated heterocycles. The first-order valence-electron chi connectivity index (χ1n) is 6.14. The molecular weight excluding hydrogens is 239 g/mol. The van der Waals surface area contributed by atoms with Crippen molar-refractivity contribution in [1.29, 1.82) is 0 Å². The highest BCUT2D eigenvalue weighted by atomic mass is 35.5. The van der Waals surface area contributed by atoms with Gasteiger partial charge >= 0.3 is 0 Å². The lowest BCUT2D eigenvalue weighted by atomic mass is 10.1. The Morgan fingerprint density at radius 3 is 3.12 bits per heavy atom. The third kappa shape index (κ3) is 3.95. The van der Waals surface area contributed by atoms with E-state index in [1.165, 1.54) is 18.9 Å². The summed E-state index contributed by atoms with van der Waals surface area (Å²) in [6, 6.07) is 5.30. The maximum Gasteiger partial charge on any atom is 0.127 e. The molecule has 1 aliphatic heterocycles. The monoisotopic (exact) mass is 256 g/mol. The lowest BCUT2D eigenvalue weighted by Gasteiger charge is -2.11. The van der Waals surface area contributed by atoms with Gasteiger partial charge in [0.2, 0.25) is 0 Å². The van der Waals surface area contributed by atoms with Gasteiger partial charge in [-0.1, -0.05) is 11.6 Å². The van der Waals surface area contributed by atoms with Crippen molar-refractivity contribution >= 4 is 11.6 Å². The minimum absolute atomic E-state index is 0.194. The van der Waals surface area contributed by atoms with Crippen molar-refractivity contribution in [2.75, 3.05) is 13.1 Å². The molecule has 0 aliphatic carbocycles. The first-order chi connectivity index (χ1) is 8.25. The summed E-state index contributed by atoms with van der Waals surface area (Å²) in [5, 5.41) is 7.28. The molecule has 4 heteroatoms. The molecule has 2 N–H and O–H groups in total. The second-order valence-electron chi connectivity index (χ2n) is 4.49. The molecule has 0 radical (unpaired) electrons. The van der Waals surface area contributed by atoms with Crippen LogP contribution in [-0.2, 0) is 6.54 Å². The Balaban J connectivity index is 1.72. The van der Waals surface area contributed by atoms with Crippen molar-refractivity contribution < 1.29 is 4.39 Å². The third-order valence-electron chi connectivity index (χ3n) is 3.16. The quantitative estimate of drug-likeness (QED) is 0.792. The van der Waals surface area contributed by atoms with Crippen LogP contribution in [0.5, 0.6) is 0 Å². The van der Waals surface area contributed by atoms with Crippen molar-refractivity contribution in [3.05, 3.63) is 34.6 Å². The Labute approximate surface area is 107 Å². The molecule has 1 atom stereocenters. The fourth-order valence-corrected chi connectivity index (χ4v) is 2.38. The molecule has 0 spiro atoms. The topological polar surface area (TPSA) is 24.1 Å². The highest BCUT2D eigenvalue weighted by Crippen LogP contribution is 2.14. The highest BCUT2D eigenvalue weighted by molar-refractivity contribution is 6.30. The van der Waals surface area contributed by atoms with Gasteiger partial charge in [0.05, 0.1) is 0 Å². The van der Waals surface area contributed by atoms with Gasteiger partial charge in [-0.25, -0.2) is 4.39 Å². The van der Waals surface area contributed by atoms with E-state index in [0.29, 0.717) is 23.2 Å². The van der Waals surface area contributed by atoms with Crippen LogP contribution in [0.25, 0.3) is 0 Å². The SMILES string of the molecule is Fc1ccc(Cl)cc1CNCCC1CCCN1. The number of benzene rings is 1. The molecule has 2 rings (SSSR count). The predicted octanol–water partition coefficient (Wildman–Crippen LogP) is 2.71. The number of halogens is 2. The summed E-state index contributed by atoms with van der Waals surface area (Å²) in [4.78, 5) is 0. The number of hydrogen-bond donors (Lipinski definition) is 2. The van der Waals surface area contributed by atoms with Crippen molar-refractivity contribution in [2.45, 2.75) is 31.8 Å². The van der Waals surface area contributed by atoms with Crippen molar-refractivity contribution in [1.82, 2.24) is 10.6 Å². The average molecular weight is 257 g/mol. The zero-order valence-electron chi connectivity index (χ0n) is 9.81. The van der Waals surface area contributed by atoms with E-state index in [0.717, 1.165) is 19.5 Å². The van der Waals surface area contributed by atoms with Crippen molar-refractivity contribution in [3.8, 4) is 0 Å². The van der Waals surface area contributed by atoms with Gasteiger partial charge in [0.1, 0.15) is 5.82 Å². The van der Waals surface area contributed by atoms with Gasteiger partial charge in [-0.3, -0.25) is 0 Å². The van der Waals surface area contributed by atoms with Gasteiger partial charge in [-0.15, -0.1) is 0 Å². The van der Waals surface area contributed by atoms with Crippen LogP contribution < -0.4 is 10.6 Å². The fraction of sp³-hybridized carbons (Fsp3) is 0.538. The largest absolute Gasteiger partial charge is 0.314 e. The molecule has 2 nitrogen and oxygen atoms in total. The lowest BCUT2D eigenvalue weighted by Crippen LogP contribution is -2.27. The first kappa shape index (κ1) is 12.8. The van der Waals surface area contributed by atoms with Gasteiger partial charge in [-0.05, 0) is 50.6 Å². The maximum atomic E-state index is 13.4. The Hall–Kier alpha value is -0.640. The van der Waals surface area contributed by atoms with Crippen LogP contribution >= 0.6 is 11.6 Å². The Morgan fingerprint density at radius 2 is 2.35 bits per heavy atom. The van der Waals surface area contributed by atoms with Gasteiger partial charge in [0, 0.05) is 23.2 Å². The van der Waals surface area contributed by atoms with Gasteiger partial charge < -0.3 is 10.6 Å². The van der Waals surface area contributed by atoms with Crippen molar-refractivity contribution in [2.24, 2.45) is 0 Å². The van der Waals surface area contributed by atoms with Crippen LogP contribution in [0.15, 0.2) is 18.2 Å². The second kappa shape index (κ2) is 6.34. The van der Waals surface area contributed by atoms with E-state index in [1.54, 1.807) is 12.1 Å². The van der Waals surface area contributed by atoms with Crippen LogP contribution in [-0.4, -0.2) is 19.1 Å². The van der Waals surface area contributed by atoms with E-state index in [1.807, 2.05) is 0 Å². The van der Waals surface area contributed by atoms with Crippen LogP contribution in [0.4, 0.5) is 4.39 Å². The molecular formula is C13H18ClFN2. The van der Waals surface area contributed by atoms with Gasteiger partial charge in [0.15, 0.2) is 0 Å². The zero-order chi connectivity index (χ0) is 12.1. The van der Waals surface area contributed by atoms with Gasteiger partial charge in [-0.2, -0.15) is 0 Å². The minimum Gasteiger partial charge on any atom is -0.314 e. The summed E-state index contributed by atoms with van der Waals surface area (Å²) in [7, 11) is 0. The van der Waals surface area contributed by atoms with Crippen LogP contribution in [0.3, 0.4) is 0 Å². The summed E-state index contributed by atoms with van der Waals surface area (Å²) in [6.45, 7) is 2.58.